The van der Waals surface area contributed by atoms with Gasteiger partial charge < -0.3 is 24.6 Å². The molecule has 1 aliphatic rings. The Bertz CT molecular complexity index is 1030. The first-order valence-electron chi connectivity index (χ1n) is 10.0. The lowest BCUT2D eigenvalue weighted by molar-refractivity contribution is -0.140. The summed E-state index contributed by atoms with van der Waals surface area (Å²) in [6.45, 7) is 4.44. The fourth-order valence-corrected chi connectivity index (χ4v) is 4.04. The number of ketones is 1. The molecule has 0 saturated carbocycles. The number of carbonyl (C=O) groups excluding carboxylic acids is 2. The van der Waals surface area contributed by atoms with Crippen LogP contribution < -0.4 is 4.74 Å². The summed E-state index contributed by atoms with van der Waals surface area (Å²) in [7, 11) is 3.06. The molecule has 2 N–H and O–H groups in total. The topological polar surface area (TPSA) is 96.3 Å². The molecule has 7 heteroatoms. The molecule has 0 bridgehead atoms. The van der Waals surface area contributed by atoms with Crippen molar-refractivity contribution in [3.63, 3.8) is 0 Å². The Hall–Kier alpha value is -3.32. The van der Waals surface area contributed by atoms with Crippen LogP contribution in [0.25, 0.3) is 5.76 Å². The van der Waals surface area contributed by atoms with Gasteiger partial charge in [0.1, 0.15) is 17.3 Å². The third-order valence-corrected chi connectivity index (χ3v) is 5.37. The number of rotatable bonds is 7. The SMILES string of the molecule is COCCCN1C(=O)C(=O)/C(=C(/O)c2cc(C)cc(C)c2OC)C1c1ccc(O)cc1. The lowest BCUT2D eigenvalue weighted by Crippen LogP contribution is -2.31. The molecule has 3 rings (SSSR count). The molecule has 1 atom stereocenters. The molecule has 1 fully saturated rings. The molecular weight excluding hydrogens is 398 g/mol. The fourth-order valence-electron chi connectivity index (χ4n) is 4.04. The molecule has 7 nitrogen and oxygen atoms in total. The van der Waals surface area contributed by atoms with Crippen LogP contribution in [-0.4, -0.2) is 54.2 Å². The molecule has 1 amide bonds. The van der Waals surface area contributed by atoms with Gasteiger partial charge in [0.15, 0.2) is 0 Å². The number of benzene rings is 2. The van der Waals surface area contributed by atoms with Gasteiger partial charge in [-0.25, -0.2) is 0 Å². The van der Waals surface area contributed by atoms with E-state index in [2.05, 4.69) is 0 Å². The number of aromatic hydroxyl groups is 1. The number of aryl methyl sites for hydroxylation is 2. The summed E-state index contributed by atoms with van der Waals surface area (Å²) in [6.07, 6.45) is 0.533. The van der Waals surface area contributed by atoms with Gasteiger partial charge in [0.05, 0.1) is 24.3 Å². The largest absolute Gasteiger partial charge is 0.508 e. The fraction of sp³-hybridized carbons (Fsp3) is 0.333. The van der Waals surface area contributed by atoms with Gasteiger partial charge in [0, 0.05) is 20.3 Å². The molecule has 2 aromatic rings. The van der Waals surface area contributed by atoms with Crippen molar-refractivity contribution >= 4 is 17.4 Å². The second-order valence-corrected chi connectivity index (χ2v) is 7.59. The van der Waals surface area contributed by atoms with Crippen LogP contribution in [0.4, 0.5) is 0 Å². The number of Topliss-reactive ketones (excluding diaryl/α,β-unsaturated/α-hetero) is 1. The number of likely N-dealkylation sites (tertiary alicyclic amines) is 1. The highest BCUT2D eigenvalue weighted by Crippen LogP contribution is 2.42. The number of phenols is 1. The van der Waals surface area contributed by atoms with Gasteiger partial charge in [-0.15, -0.1) is 0 Å². The summed E-state index contributed by atoms with van der Waals surface area (Å²) in [5, 5.41) is 21.0. The summed E-state index contributed by atoms with van der Waals surface area (Å²) < 4.78 is 10.6. The number of aliphatic hydroxyl groups excluding tert-OH is 1. The van der Waals surface area contributed by atoms with Crippen molar-refractivity contribution in [2.24, 2.45) is 0 Å². The van der Waals surface area contributed by atoms with Crippen molar-refractivity contribution in [1.29, 1.82) is 0 Å². The van der Waals surface area contributed by atoms with Gasteiger partial charge in [-0.05, 0) is 55.2 Å². The predicted molar refractivity (Wildman–Crippen MR) is 116 cm³/mol. The van der Waals surface area contributed by atoms with Gasteiger partial charge >= 0.3 is 0 Å². The van der Waals surface area contributed by atoms with Crippen molar-refractivity contribution in [1.82, 2.24) is 4.90 Å². The summed E-state index contributed by atoms with van der Waals surface area (Å²) in [4.78, 5) is 27.4. The van der Waals surface area contributed by atoms with Gasteiger partial charge in [-0.3, -0.25) is 9.59 Å². The minimum absolute atomic E-state index is 0.00333. The first-order valence-corrected chi connectivity index (χ1v) is 10.0. The number of hydrogen-bond donors (Lipinski definition) is 2. The number of hydrogen-bond acceptors (Lipinski definition) is 6. The molecule has 0 aromatic heterocycles. The molecule has 1 heterocycles. The van der Waals surface area contributed by atoms with Gasteiger partial charge in [0.25, 0.3) is 11.7 Å². The molecule has 1 unspecified atom stereocenters. The number of carbonyl (C=O) groups is 2. The summed E-state index contributed by atoms with van der Waals surface area (Å²) >= 11 is 0. The number of methoxy groups -OCH3 is 2. The molecule has 164 valence electrons. The predicted octanol–water partition coefficient (Wildman–Crippen LogP) is 3.48. The second-order valence-electron chi connectivity index (χ2n) is 7.59. The van der Waals surface area contributed by atoms with Crippen LogP contribution in [0.1, 0.15) is 34.7 Å². The summed E-state index contributed by atoms with van der Waals surface area (Å²) in [6, 6.07) is 9.11. The Morgan fingerprint density at radius 3 is 2.39 bits per heavy atom. The lowest BCUT2D eigenvalue weighted by Gasteiger charge is -2.25. The van der Waals surface area contributed by atoms with Crippen LogP contribution in [0.3, 0.4) is 0 Å². The molecule has 0 aliphatic carbocycles. The van der Waals surface area contributed by atoms with Crippen LogP contribution in [0.5, 0.6) is 11.5 Å². The average Bonchev–Trinajstić information content (AvgIpc) is 2.98. The summed E-state index contributed by atoms with van der Waals surface area (Å²) in [5.74, 6) is -1.21. The molecule has 31 heavy (non-hydrogen) atoms. The van der Waals surface area contributed by atoms with Crippen molar-refractivity contribution < 1.29 is 29.3 Å². The van der Waals surface area contributed by atoms with E-state index in [9.17, 15) is 19.8 Å². The van der Waals surface area contributed by atoms with Gasteiger partial charge in [-0.1, -0.05) is 18.2 Å². The Labute approximate surface area is 181 Å². The van der Waals surface area contributed by atoms with E-state index >= 15 is 0 Å². The molecule has 1 aliphatic heterocycles. The maximum absolute atomic E-state index is 13.1. The van der Waals surface area contributed by atoms with E-state index in [1.54, 1.807) is 25.3 Å². The maximum Gasteiger partial charge on any atom is 0.295 e. The van der Waals surface area contributed by atoms with Gasteiger partial charge in [-0.2, -0.15) is 0 Å². The highest BCUT2D eigenvalue weighted by atomic mass is 16.5. The van der Waals surface area contributed by atoms with Crippen molar-refractivity contribution in [3.05, 3.63) is 64.2 Å². The normalized spacial score (nSPS) is 17.9. The molecule has 0 radical (unpaired) electrons. The molecule has 2 aromatic carbocycles. The Kier molecular flexibility index (Phi) is 6.65. The van der Waals surface area contributed by atoms with E-state index < -0.39 is 17.7 Å². The Morgan fingerprint density at radius 2 is 1.77 bits per heavy atom. The first kappa shape index (κ1) is 22.4. The van der Waals surface area contributed by atoms with Crippen LogP contribution in [-0.2, 0) is 14.3 Å². The van der Waals surface area contributed by atoms with E-state index in [0.717, 1.165) is 11.1 Å². The summed E-state index contributed by atoms with van der Waals surface area (Å²) in [5.41, 5.74) is 2.66. The zero-order chi connectivity index (χ0) is 22.7. The van der Waals surface area contributed by atoms with E-state index in [1.807, 2.05) is 19.9 Å². The van der Waals surface area contributed by atoms with Crippen molar-refractivity contribution in [2.75, 3.05) is 27.4 Å². The maximum atomic E-state index is 13.1. The molecule has 0 spiro atoms. The quantitative estimate of drug-likeness (QED) is 0.305. The number of phenolic OH excluding ortho intramolecular Hbond substituents is 1. The first-order chi connectivity index (χ1) is 14.8. The molecular formula is C24H27NO6. The van der Waals surface area contributed by atoms with Gasteiger partial charge in [0.2, 0.25) is 0 Å². The monoisotopic (exact) mass is 425 g/mol. The highest BCUT2D eigenvalue weighted by Gasteiger charge is 2.46. The van der Waals surface area contributed by atoms with E-state index in [-0.39, 0.29) is 23.6 Å². The van der Waals surface area contributed by atoms with E-state index in [0.29, 0.717) is 29.9 Å². The molecule has 1 saturated heterocycles. The number of nitrogens with zero attached hydrogens (tertiary/aromatic N) is 1. The smallest absolute Gasteiger partial charge is 0.295 e. The minimum atomic E-state index is -0.789. The second kappa shape index (κ2) is 9.22. The number of ether oxygens (including phenoxy) is 2. The van der Waals surface area contributed by atoms with Crippen LogP contribution in [0.15, 0.2) is 42.0 Å². The average molecular weight is 425 g/mol. The van der Waals surface area contributed by atoms with Crippen molar-refractivity contribution in [3.8, 4) is 11.5 Å². The Morgan fingerprint density at radius 1 is 1.10 bits per heavy atom. The zero-order valence-corrected chi connectivity index (χ0v) is 18.1. The number of aliphatic hydroxyl groups is 1. The lowest BCUT2D eigenvalue weighted by atomic mass is 9.93. The van der Waals surface area contributed by atoms with Crippen molar-refractivity contribution in [2.45, 2.75) is 26.3 Å². The third kappa shape index (κ3) is 4.27. The van der Waals surface area contributed by atoms with Crippen LogP contribution >= 0.6 is 0 Å². The Balaban J connectivity index is 2.21. The third-order valence-electron chi connectivity index (χ3n) is 5.37. The number of amides is 1. The van der Waals surface area contributed by atoms with Crippen LogP contribution in [0.2, 0.25) is 0 Å². The minimum Gasteiger partial charge on any atom is -0.508 e. The highest BCUT2D eigenvalue weighted by molar-refractivity contribution is 6.46. The standard InChI is InChI=1S/C24H27NO6/c1-14-12-15(2)23(31-4)18(13-14)21(27)19-20(16-6-8-17(26)9-7-16)25(10-5-11-30-3)24(29)22(19)28/h6-9,12-13,20,26-27H,5,10-11H2,1-4H3/b21-19+. The zero-order valence-electron chi connectivity index (χ0n) is 18.1. The van der Waals surface area contributed by atoms with E-state index in [4.69, 9.17) is 9.47 Å². The van der Waals surface area contributed by atoms with E-state index in [1.165, 1.54) is 24.1 Å². The van der Waals surface area contributed by atoms with Crippen LogP contribution in [0, 0.1) is 13.8 Å².